The van der Waals surface area contributed by atoms with Gasteiger partial charge in [-0.05, 0) is 60.2 Å². The maximum atomic E-state index is 13.3. The summed E-state index contributed by atoms with van der Waals surface area (Å²) in [6, 6.07) is 20.7. The van der Waals surface area contributed by atoms with Crippen molar-refractivity contribution in [3.05, 3.63) is 92.9 Å². The zero-order valence-electron chi connectivity index (χ0n) is 20.8. The molecule has 0 spiro atoms. The van der Waals surface area contributed by atoms with Crippen molar-refractivity contribution in [1.29, 1.82) is 0 Å². The Kier molecular flexibility index (Phi) is 8.34. The Morgan fingerprint density at radius 2 is 1.92 bits per heavy atom. The first-order valence-corrected chi connectivity index (χ1v) is 13.3. The SMILES string of the molecule is COc1ccc(C=NNC(=O)c2cc(-c3ccc(Cl)cc3)nc3ccc(Br)cc23)cc1CN1CCOCC1. The number of hydrogen-bond donors (Lipinski definition) is 1. The number of nitrogens with one attached hydrogen (secondary N) is 1. The van der Waals surface area contributed by atoms with Gasteiger partial charge in [0.25, 0.3) is 5.91 Å². The first kappa shape index (κ1) is 26.3. The highest BCUT2D eigenvalue weighted by atomic mass is 79.9. The van der Waals surface area contributed by atoms with Crippen molar-refractivity contribution in [2.24, 2.45) is 5.10 Å². The average molecular weight is 594 g/mol. The predicted octanol–water partition coefficient (Wildman–Crippen LogP) is 5.92. The van der Waals surface area contributed by atoms with E-state index in [4.69, 9.17) is 26.1 Å². The summed E-state index contributed by atoms with van der Waals surface area (Å²) in [7, 11) is 1.67. The molecule has 0 unspecified atom stereocenters. The molecule has 7 nitrogen and oxygen atoms in total. The minimum Gasteiger partial charge on any atom is -0.496 e. The summed E-state index contributed by atoms with van der Waals surface area (Å²) in [5, 5.41) is 5.62. The van der Waals surface area contributed by atoms with Crippen LogP contribution in [0.4, 0.5) is 0 Å². The Hall–Kier alpha value is -3.30. The van der Waals surface area contributed by atoms with Gasteiger partial charge in [-0.15, -0.1) is 0 Å². The van der Waals surface area contributed by atoms with Crippen LogP contribution in [0, 0.1) is 0 Å². The number of methoxy groups -OCH3 is 1. The minimum absolute atomic E-state index is 0.330. The Morgan fingerprint density at radius 3 is 2.68 bits per heavy atom. The summed E-state index contributed by atoms with van der Waals surface area (Å²) in [5.41, 5.74) is 7.32. The lowest BCUT2D eigenvalue weighted by atomic mass is 10.0. The van der Waals surface area contributed by atoms with E-state index in [-0.39, 0.29) is 5.91 Å². The molecule has 1 saturated heterocycles. The van der Waals surface area contributed by atoms with Crippen LogP contribution in [0.25, 0.3) is 22.2 Å². The molecule has 0 radical (unpaired) electrons. The molecule has 194 valence electrons. The van der Waals surface area contributed by atoms with Crippen molar-refractivity contribution in [2.75, 3.05) is 33.4 Å². The molecule has 1 aliphatic rings. The summed E-state index contributed by atoms with van der Waals surface area (Å²) >= 11 is 9.56. The standard InChI is InChI=1S/C29H26BrClN4O3/c1-37-28-9-2-19(14-21(28)18-35-10-12-38-13-11-35)17-32-34-29(36)25-16-27(20-3-6-23(31)7-4-20)33-26-8-5-22(30)15-24(25)26/h2-9,14-17H,10-13,18H2,1H3,(H,34,36). The molecular formula is C29H26BrClN4O3. The van der Waals surface area contributed by atoms with Crippen LogP contribution in [-0.4, -0.2) is 55.4 Å². The van der Waals surface area contributed by atoms with Gasteiger partial charge < -0.3 is 9.47 Å². The van der Waals surface area contributed by atoms with Crippen LogP contribution in [0.2, 0.25) is 5.02 Å². The monoisotopic (exact) mass is 592 g/mol. The van der Waals surface area contributed by atoms with Gasteiger partial charge in [-0.2, -0.15) is 5.10 Å². The van der Waals surface area contributed by atoms with Crippen molar-refractivity contribution < 1.29 is 14.3 Å². The summed E-state index contributed by atoms with van der Waals surface area (Å²) in [5.74, 6) is 0.491. The predicted molar refractivity (Wildman–Crippen MR) is 154 cm³/mol. The number of amides is 1. The molecule has 1 N–H and O–H groups in total. The number of hydrogen-bond acceptors (Lipinski definition) is 6. The number of halogens is 2. The number of carbonyl (C=O) groups excluding carboxylic acids is 1. The molecular weight excluding hydrogens is 568 g/mol. The van der Waals surface area contributed by atoms with Gasteiger partial charge in [0.2, 0.25) is 0 Å². The van der Waals surface area contributed by atoms with Gasteiger partial charge in [0.15, 0.2) is 0 Å². The number of pyridine rings is 1. The summed E-state index contributed by atoms with van der Waals surface area (Å²) in [4.78, 5) is 20.4. The number of aromatic nitrogens is 1. The first-order chi connectivity index (χ1) is 18.5. The van der Waals surface area contributed by atoms with E-state index in [1.165, 1.54) is 0 Å². The van der Waals surface area contributed by atoms with E-state index in [1.54, 1.807) is 31.5 Å². The minimum atomic E-state index is -0.330. The number of morpholine rings is 1. The van der Waals surface area contributed by atoms with Gasteiger partial charge in [0, 0.05) is 45.6 Å². The third kappa shape index (κ3) is 6.22. The maximum absolute atomic E-state index is 13.3. The van der Waals surface area contributed by atoms with Crippen molar-refractivity contribution in [3.63, 3.8) is 0 Å². The number of nitrogens with zero attached hydrogens (tertiary/aromatic N) is 3. The van der Waals surface area contributed by atoms with Gasteiger partial charge in [-0.3, -0.25) is 9.69 Å². The zero-order valence-corrected chi connectivity index (χ0v) is 23.1. The van der Waals surface area contributed by atoms with E-state index in [2.05, 4.69) is 31.4 Å². The fraction of sp³-hybridized carbons (Fsp3) is 0.207. The zero-order chi connectivity index (χ0) is 26.5. The summed E-state index contributed by atoms with van der Waals surface area (Å²) in [6.45, 7) is 3.98. The Balaban J connectivity index is 1.39. The van der Waals surface area contributed by atoms with E-state index in [0.29, 0.717) is 21.8 Å². The van der Waals surface area contributed by atoms with Gasteiger partial charge in [0.05, 0.1) is 43.3 Å². The molecule has 1 amide bonds. The van der Waals surface area contributed by atoms with E-state index in [1.807, 2.05) is 48.5 Å². The van der Waals surface area contributed by atoms with E-state index in [0.717, 1.165) is 65.1 Å². The van der Waals surface area contributed by atoms with Gasteiger partial charge in [-0.1, -0.05) is 39.7 Å². The maximum Gasteiger partial charge on any atom is 0.272 e. The van der Waals surface area contributed by atoms with Crippen molar-refractivity contribution in [3.8, 4) is 17.0 Å². The smallest absolute Gasteiger partial charge is 0.272 e. The topological polar surface area (TPSA) is 76.0 Å². The molecule has 4 aromatic rings. The highest BCUT2D eigenvalue weighted by molar-refractivity contribution is 9.10. The number of hydrazone groups is 1. The van der Waals surface area contributed by atoms with Crippen LogP contribution in [0.15, 0.2) is 76.3 Å². The van der Waals surface area contributed by atoms with Crippen molar-refractivity contribution in [1.82, 2.24) is 15.3 Å². The van der Waals surface area contributed by atoms with Crippen LogP contribution >= 0.6 is 27.5 Å². The molecule has 1 aliphatic heterocycles. The molecule has 1 aromatic heterocycles. The molecule has 2 heterocycles. The third-order valence-electron chi connectivity index (χ3n) is 6.34. The number of benzene rings is 3. The number of carbonyl (C=O) groups is 1. The summed E-state index contributed by atoms with van der Waals surface area (Å²) < 4.78 is 11.9. The van der Waals surface area contributed by atoms with Crippen LogP contribution < -0.4 is 10.2 Å². The fourth-order valence-electron chi connectivity index (χ4n) is 4.38. The lowest BCUT2D eigenvalue weighted by molar-refractivity contribution is 0.0339. The molecule has 0 saturated carbocycles. The van der Waals surface area contributed by atoms with Crippen molar-refractivity contribution >= 4 is 50.6 Å². The number of fused-ring (bicyclic) bond motifs is 1. The molecule has 0 atom stereocenters. The second-order valence-electron chi connectivity index (χ2n) is 8.88. The number of rotatable bonds is 7. The van der Waals surface area contributed by atoms with Gasteiger partial charge in [0.1, 0.15) is 5.75 Å². The van der Waals surface area contributed by atoms with E-state index in [9.17, 15) is 4.79 Å². The molecule has 0 aliphatic carbocycles. The van der Waals surface area contributed by atoms with Crippen LogP contribution in [0.1, 0.15) is 21.5 Å². The second kappa shape index (κ2) is 12.0. The first-order valence-electron chi connectivity index (χ1n) is 12.2. The highest BCUT2D eigenvalue weighted by Crippen LogP contribution is 2.28. The second-order valence-corrected chi connectivity index (χ2v) is 10.2. The highest BCUT2D eigenvalue weighted by Gasteiger charge is 2.16. The number of ether oxygens (including phenoxy) is 2. The van der Waals surface area contributed by atoms with Crippen LogP contribution in [0.3, 0.4) is 0 Å². The Labute approximate surface area is 234 Å². The molecule has 0 bridgehead atoms. The van der Waals surface area contributed by atoms with E-state index < -0.39 is 0 Å². The third-order valence-corrected chi connectivity index (χ3v) is 7.08. The lowest BCUT2D eigenvalue weighted by Gasteiger charge is -2.27. The molecule has 5 rings (SSSR count). The van der Waals surface area contributed by atoms with Crippen LogP contribution in [0.5, 0.6) is 5.75 Å². The van der Waals surface area contributed by atoms with Crippen LogP contribution in [-0.2, 0) is 11.3 Å². The van der Waals surface area contributed by atoms with E-state index >= 15 is 0 Å². The molecule has 9 heteroatoms. The molecule has 3 aromatic carbocycles. The average Bonchev–Trinajstić information content (AvgIpc) is 2.93. The van der Waals surface area contributed by atoms with Gasteiger partial charge >= 0.3 is 0 Å². The lowest BCUT2D eigenvalue weighted by Crippen LogP contribution is -2.35. The quantitative estimate of drug-likeness (QED) is 0.213. The molecule has 1 fully saturated rings. The Morgan fingerprint density at radius 1 is 1.13 bits per heavy atom. The van der Waals surface area contributed by atoms with Gasteiger partial charge in [-0.25, -0.2) is 10.4 Å². The fourth-order valence-corrected chi connectivity index (χ4v) is 4.87. The van der Waals surface area contributed by atoms with Crippen molar-refractivity contribution in [2.45, 2.75) is 6.54 Å². The normalized spacial score (nSPS) is 14.2. The summed E-state index contributed by atoms with van der Waals surface area (Å²) in [6.07, 6.45) is 1.64. The largest absolute Gasteiger partial charge is 0.496 e. The molecule has 38 heavy (non-hydrogen) atoms. The Bertz CT molecular complexity index is 1490.